The Labute approximate surface area is 81.5 Å². The molecule has 0 radical (unpaired) electrons. The van der Waals surface area contributed by atoms with Crippen molar-refractivity contribution < 1.29 is 9.53 Å². The first-order chi connectivity index (χ1) is 6.31. The van der Waals surface area contributed by atoms with E-state index in [1.54, 1.807) is 12.1 Å². The molecule has 0 N–H and O–H groups in total. The summed E-state index contributed by atoms with van der Waals surface area (Å²) < 4.78 is 5.07. The molecule has 68 valence electrons. The van der Waals surface area contributed by atoms with Gasteiger partial charge in [-0.05, 0) is 17.7 Å². The van der Waals surface area contributed by atoms with Crippen LogP contribution in [0.25, 0.3) is 0 Å². The van der Waals surface area contributed by atoms with Crippen molar-refractivity contribution in [1.82, 2.24) is 0 Å². The second kappa shape index (κ2) is 3.48. The lowest BCUT2D eigenvalue weighted by molar-refractivity contribution is 0.00844. The van der Waals surface area contributed by atoms with Gasteiger partial charge in [0.15, 0.2) is 0 Å². The lowest BCUT2D eigenvalue weighted by Gasteiger charge is -2.27. The third-order valence-electron chi connectivity index (χ3n) is 2.23. The number of hydrogen-bond donors (Lipinski definition) is 0. The molecule has 1 aromatic rings. The van der Waals surface area contributed by atoms with Crippen LogP contribution in [-0.2, 0) is 4.74 Å². The Morgan fingerprint density at radius 2 is 2.23 bits per heavy atom. The zero-order valence-electron chi connectivity index (χ0n) is 7.00. The summed E-state index contributed by atoms with van der Waals surface area (Å²) in [6.07, 6.45) is 0.833. The van der Waals surface area contributed by atoms with E-state index in [2.05, 4.69) is 0 Å². The van der Waals surface area contributed by atoms with Gasteiger partial charge in [-0.2, -0.15) is 0 Å². The molecular formula is C10H9ClO2. The van der Waals surface area contributed by atoms with Crippen molar-refractivity contribution in [2.45, 2.75) is 5.92 Å². The van der Waals surface area contributed by atoms with E-state index in [4.69, 9.17) is 16.3 Å². The zero-order chi connectivity index (χ0) is 9.26. The molecule has 1 saturated heterocycles. The number of hydrogen-bond acceptors (Lipinski definition) is 2. The smallest absolute Gasteiger partial charge is 0.150 e. The van der Waals surface area contributed by atoms with Crippen LogP contribution < -0.4 is 0 Å². The number of rotatable bonds is 2. The van der Waals surface area contributed by atoms with Gasteiger partial charge in [-0.3, -0.25) is 4.79 Å². The van der Waals surface area contributed by atoms with E-state index in [1.807, 2.05) is 6.07 Å². The van der Waals surface area contributed by atoms with Crippen molar-refractivity contribution in [3.8, 4) is 0 Å². The Bertz CT molecular complexity index is 332. The molecule has 1 fully saturated rings. The summed E-state index contributed by atoms with van der Waals surface area (Å²) >= 11 is 5.99. The fraction of sp³-hybridized carbons (Fsp3) is 0.300. The Morgan fingerprint density at radius 1 is 1.46 bits per heavy atom. The molecular weight excluding hydrogens is 188 g/mol. The van der Waals surface area contributed by atoms with Gasteiger partial charge in [-0.15, -0.1) is 0 Å². The highest BCUT2D eigenvalue weighted by Crippen LogP contribution is 2.30. The van der Waals surface area contributed by atoms with Gasteiger partial charge >= 0.3 is 0 Å². The van der Waals surface area contributed by atoms with Crippen LogP contribution in [0.1, 0.15) is 21.8 Å². The molecule has 0 spiro atoms. The fourth-order valence-corrected chi connectivity index (χ4v) is 1.64. The third kappa shape index (κ3) is 1.60. The van der Waals surface area contributed by atoms with E-state index < -0.39 is 0 Å². The Balaban J connectivity index is 2.35. The maximum Gasteiger partial charge on any atom is 0.150 e. The van der Waals surface area contributed by atoms with Crippen molar-refractivity contribution >= 4 is 17.9 Å². The summed E-state index contributed by atoms with van der Waals surface area (Å²) in [6.45, 7) is 1.42. The Hall–Kier alpha value is -0.860. The molecule has 0 atom stereocenters. The van der Waals surface area contributed by atoms with Crippen LogP contribution in [0.5, 0.6) is 0 Å². The molecule has 3 heteroatoms. The average molecular weight is 197 g/mol. The van der Waals surface area contributed by atoms with Gasteiger partial charge in [-0.25, -0.2) is 0 Å². The Morgan fingerprint density at radius 3 is 2.77 bits per heavy atom. The molecule has 0 aliphatic carbocycles. The highest BCUT2D eigenvalue weighted by molar-refractivity contribution is 6.31. The molecule has 0 saturated carbocycles. The normalized spacial score (nSPS) is 16.7. The largest absolute Gasteiger partial charge is 0.380 e. The quantitative estimate of drug-likeness (QED) is 0.679. The summed E-state index contributed by atoms with van der Waals surface area (Å²) in [6, 6.07) is 5.32. The van der Waals surface area contributed by atoms with Gasteiger partial charge in [-0.1, -0.05) is 17.7 Å². The molecule has 0 unspecified atom stereocenters. The van der Waals surface area contributed by atoms with Crippen LogP contribution in [0.3, 0.4) is 0 Å². The summed E-state index contributed by atoms with van der Waals surface area (Å²) in [4.78, 5) is 10.5. The number of benzene rings is 1. The second-order valence-electron chi connectivity index (χ2n) is 3.13. The molecule has 1 aromatic carbocycles. The zero-order valence-corrected chi connectivity index (χ0v) is 7.75. The van der Waals surface area contributed by atoms with Gasteiger partial charge in [0.05, 0.1) is 13.2 Å². The topological polar surface area (TPSA) is 26.3 Å². The monoisotopic (exact) mass is 196 g/mol. The minimum Gasteiger partial charge on any atom is -0.380 e. The van der Waals surface area contributed by atoms with E-state index in [-0.39, 0.29) is 0 Å². The van der Waals surface area contributed by atoms with E-state index in [1.165, 1.54) is 0 Å². The standard InChI is InChI=1S/C10H9ClO2/c11-10-2-1-7(4-12)3-9(10)8-5-13-6-8/h1-4,8H,5-6H2. The van der Waals surface area contributed by atoms with Crippen LogP contribution in [0.15, 0.2) is 18.2 Å². The molecule has 13 heavy (non-hydrogen) atoms. The lowest BCUT2D eigenvalue weighted by Crippen LogP contribution is -2.25. The number of carbonyl (C=O) groups is 1. The van der Waals surface area contributed by atoms with E-state index in [0.29, 0.717) is 24.7 Å². The summed E-state index contributed by atoms with van der Waals surface area (Å²) in [5, 5.41) is 0.721. The van der Waals surface area contributed by atoms with Crippen LogP contribution in [0, 0.1) is 0 Å². The number of aldehydes is 1. The highest BCUT2D eigenvalue weighted by Gasteiger charge is 2.22. The van der Waals surface area contributed by atoms with Crippen LogP contribution in [0.4, 0.5) is 0 Å². The fourth-order valence-electron chi connectivity index (χ4n) is 1.36. The second-order valence-corrected chi connectivity index (χ2v) is 3.54. The molecule has 0 amide bonds. The van der Waals surface area contributed by atoms with Crippen molar-refractivity contribution in [1.29, 1.82) is 0 Å². The first-order valence-corrected chi connectivity index (χ1v) is 4.51. The van der Waals surface area contributed by atoms with Crippen molar-refractivity contribution in [3.05, 3.63) is 34.3 Å². The summed E-state index contributed by atoms with van der Waals surface area (Å²) in [5.41, 5.74) is 1.70. The van der Waals surface area contributed by atoms with Crippen LogP contribution in [0.2, 0.25) is 5.02 Å². The molecule has 0 bridgehead atoms. The predicted octanol–water partition coefficient (Wildman–Crippen LogP) is 2.27. The SMILES string of the molecule is O=Cc1ccc(Cl)c(C2COC2)c1. The predicted molar refractivity (Wildman–Crippen MR) is 50.4 cm³/mol. The number of halogens is 1. The maximum atomic E-state index is 10.5. The molecule has 1 heterocycles. The van der Waals surface area contributed by atoms with Crippen LogP contribution in [-0.4, -0.2) is 19.5 Å². The minimum atomic E-state index is 0.368. The van der Waals surface area contributed by atoms with Gasteiger partial charge in [0.1, 0.15) is 6.29 Å². The molecule has 0 aromatic heterocycles. The number of ether oxygens (including phenoxy) is 1. The van der Waals surface area contributed by atoms with Gasteiger partial charge in [0.2, 0.25) is 0 Å². The first-order valence-electron chi connectivity index (χ1n) is 4.13. The van der Waals surface area contributed by atoms with Crippen molar-refractivity contribution in [3.63, 3.8) is 0 Å². The molecule has 1 aliphatic rings. The third-order valence-corrected chi connectivity index (χ3v) is 2.58. The van der Waals surface area contributed by atoms with Gasteiger partial charge in [0, 0.05) is 16.5 Å². The Kier molecular flexibility index (Phi) is 2.34. The van der Waals surface area contributed by atoms with E-state index >= 15 is 0 Å². The highest BCUT2D eigenvalue weighted by atomic mass is 35.5. The molecule has 2 rings (SSSR count). The first kappa shape index (κ1) is 8.73. The van der Waals surface area contributed by atoms with Crippen LogP contribution >= 0.6 is 11.6 Å². The molecule has 1 aliphatic heterocycles. The molecule has 2 nitrogen and oxygen atoms in total. The van der Waals surface area contributed by atoms with Crippen molar-refractivity contribution in [2.24, 2.45) is 0 Å². The lowest BCUT2D eigenvalue weighted by atomic mass is 9.96. The van der Waals surface area contributed by atoms with E-state index in [0.717, 1.165) is 16.9 Å². The average Bonchev–Trinajstić information content (AvgIpc) is 2.06. The summed E-state index contributed by atoms with van der Waals surface area (Å²) in [5.74, 6) is 0.368. The number of carbonyl (C=O) groups excluding carboxylic acids is 1. The van der Waals surface area contributed by atoms with Gasteiger partial charge in [0.25, 0.3) is 0 Å². The maximum absolute atomic E-state index is 10.5. The van der Waals surface area contributed by atoms with E-state index in [9.17, 15) is 4.79 Å². The minimum absolute atomic E-state index is 0.368. The van der Waals surface area contributed by atoms with Crippen molar-refractivity contribution in [2.75, 3.05) is 13.2 Å². The van der Waals surface area contributed by atoms with Gasteiger partial charge < -0.3 is 4.74 Å². The summed E-state index contributed by atoms with van der Waals surface area (Å²) in [7, 11) is 0.